The highest BCUT2D eigenvalue weighted by Crippen LogP contribution is 2.59. The summed E-state index contributed by atoms with van der Waals surface area (Å²) in [7, 11) is -3.96. The molecule has 0 aromatic heterocycles. The molecular formula is C20H19F3N2O4S. The number of para-hydroxylation sites is 1. The topological polar surface area (TPSA) is 75.7 Å². The van der Waals surface area contributed by atoms with Gasteiger partial charge in [0.15, 0.2) is 4.75 Å². The molecule has 1 aliphatic heterocycles. The van der Waals surface area contributed by atoms with Crippen LogP contribution in [0.15, 0.2) is 42.5 Å². The SMILES string of the molecule is Cc1cccc(C)c1N1CC2CC2(C(=O)Nc2ccc(OC(F)(F)F)cc2)S1(=O)=O. The van der Waals surface area contributed by atoms with Gasteiger partial charge in [-0.15, -0.1) is 13.2 Å². The molecule has 30 heavy (non-hydrogen) atoms. The summed E-state index contributed by atoms with van der Waals surface area (Å²) >= 11 is 0. The number of nitrogens with zero attached hydrogens (tertiary/aromatic N) is 1. The number of alkyl halides is 3. The maximum Gasteiger partial charge on any atom is 0.573 e. The average Bonchev–Trinajstić information content (AvgIpc) is 3.32. The molecule has 4 rings (SSSR count). The summed E-state index contributed by atoms with van der Waals surface area (Å²) in [5.41, 5.74) is 2.38. The molecule has 1 amide bonds. The molecule has 1 saturated heterocycles. The number of nitrogens with one attached hydrogen (secondary N) is 1. The van der Waals surface area contributed by atoms with Crippen molar-refractivity contribution in [2.45, 2.75) is 31.4 Å². The van der Waals surface area contributed by atoms with Gasteiger partial charge in [-0.05, 0) is 55.7 Å². The fourth-order valence-electron chi connectivity index (χ4n) is 4.11. The Bertz CT molecular complexity index is 1100. The van der Waals surface area contributed by atoms with Gasteiger partial charge in [-0.25, -0.2) is 8.42 Å². The Morgan fingerprint density at radius 2 is 1.73 bits per heavy atom. The number of hydrogen-bond donors (Lipinski definition) is 1. The van der Waals surface area contributed by atoms with Gasteiger partial charge in [0.25, 0.3) is 0 Å². The van der Waals surface area contributed by atoms with Crippen LogP contribution in [-0.2, 0) is 14.8 Å². The van der Waals surface area contributed by atoms with E-state index < -0.39 is 32.8 Å². The maximum absolute atomic E-state index is 13.3. The number of anilines is 2. The first-order chi connectivity index (χ1) is 14.0. The van der Waals surface area contributed by atoms with Gasteiger partial charge in [0.05, 0.1) is 5.69 Å². The second-order valence-corrected chi connectivity index (χ2v) is 9.71. The number of hydrogen-bond acceptors (Lipinski definition) is 4. The van der Waals surface area contributed by atoms with Gasteiger partial charge in [0.1, 0.15) is 5.75 Å². The van der Waals surface area contributed by atoms with Crippen molar-refractivity contribution >= 4 is 27.3 Å². The molecule has 2 atom stereocenters. The van der Waals surface area contributed by atoms with Crippen LogP contribution in [0.2, 0.25) is 0 Å². The molecule has 0 radical (unpaired) electrons. The Labute approximate surface area is 171 Å². The van der Waals surface area contributed by atoms with Crippen molar-refractivity contribution in [1.29, 1.82) is 0 Å². The van der Waals surface area contributed by atoms with Gasteiger partial charge >= 0.3 is 6.36 Å². The first kappa shape index (κ1) is 20.5. The smallest absolute Gasteiger partial charge is 0.406 e. The molecule has 1 saturated carbocycles. The molecule has 2 fully saturated rings. The van der Waals surface area contributed by atoms with Crippen molar-refractivity contribution < 1.29 is 31.1 Å². The summed E-state index contributed by atoms with van der Waals surface area (Å²) in [6.07, 6.45) is -4.60. The first-order valence-corrected chi connectivity index (χ1v) is 10.7. The molecule has 2 aromatic rings. The van der Waals surface area contributed by atoms with Crippen molar-refractivity contribution in [2.75, 3.05) is 16.2 Å². The van der Waals surface area contributed by atoms with Gasteiger partial charge in [0, 0.05) is 18.2 Å². The molecule has 10 heteroatoms. The van der Waals surface area contributed by atoms with Crippen LogP contribution >= 0.6 is 0 Å². The lowest BCUT2D eigenvalue weighted by Gasteiger charge is -2.26. The Balaban J connectivity index is 1.56. The second-order valence-electron chi connectivity index (χ2n) is 7.59. The maximum atomic E-state index is 13.3. The van der Waals surface area contributed by atoms with Gasteiger partial charge in [-0.2, -0.15) is 0 Å². The zero-order valence-corrected chi connectivity index (χ0v) is 17.0. The minimum absolute atomic E-state index is 0.190. The quantitative estimate of drug-likeness (QED) is 0.786. The fraction of sp³-hybridized carbons (Fsp3) is 0.350. The van der Waals surface area contributed by atoms with E-state index in [1.807, 2.05) is 32.0 Å². The van der Waals surface area contributed by atoms with Crippen molar-refractivity contribution in [2.24, 2.45) is 5.92 Å². The summed E-state index contributed by atoms with van der Waals surface area (Å²) in [6, 6.07) is 10.1. The van der Waals surface area contributed by atoms with E-state index in [-0.39, 0.29) is 24.6 Å². The summed E-state index contributed by atoms with van der Waals surface area (Å²) < 4.78 is 67.0. The number of fused-ring (bicyclic) bond motifs is 1. The van der Waals surface area contributed by atoms with E-state index >= 15 is 0 Å². The lowest BCUT2D eigenvalue weighted by molar-refractivity contribution is -0.274. The molecule has 1 N–H and O–H groups in total. The van der Waals surface area contributed by atoms with E-state index in [9.17, 15) is 26.4 Å². The van der Waals surface area contributed by atoms with E-state index in [0.29, 0.717) is 5.69 Å². The first-order valence-electron chi connectivity index (χ1n) is 9.21. The van der Waals surface area contributed by atoms with Gasteiger partial charge < -0.3 is 10.1 Å². The fourth-order valence-corrected chi connectivity index (χ4v) is 6.60. The number of carbonyl (C=O) groups is 1. The third-order valence-corrected chi connectivity index (χ3v) is 8.12. The zero-order chi connectivity index (χ0) is 21.9. The molecule has 0 spiro atoms. The summed E-state index contributed by atoms with van der Waals surface area (Å²) in [5.74, 6) is -1.45. The van der Waals surface area contributed by atoms with E-state index in [1.165, 1.54) is 16.4 Å². The third kappa shape index (κ3) is 3.19. The highest BCUT2D eigenvalue weighted by molar-refractivity contribution is 7.95. The molecule has 2 aliphatic rings. The molecule has 2 aromatic carbocycles. The number of carbonyl (C=O) groups excluding carboxylic acids is 1. The summed E-state index contributed by atoms with van der Waals surface area (Å²) in [5, 5.41) is 2.53. The molecular weight excluding hydrogens is 421 g/mol. The van der Waals surface area contributed by atoms with Crippen LogP contribution in [0.3, 0.4) is 0 Å². The number of rotatable bonds is 4. The van der Waals surface area contributed by atoms with Gasteiger partial charge in [0.2, 0.25) is 15.9 Å². The minimum atomic E-state index is -4.82. The van der Waals surface area contributed by atoms with E-state index in [2.05, 4.69) is 10.1 Å². The lowest BCUT2D eigenvalue weighted by Crippen LogP contribution is -2.42. The van der Waals surface area contributed by atoms with Gasteiger partial charge in [-0.3, -0.25) is 9.10 Å². The number of sulfonamides is 1. The number of amides is 1. The monoisotopic (exact) mass is 440 g/mol. The number of ether oxygens (including phenoxy) is 1. The summed E-state index contributed by atoms with van der Waals surface area (Å²) in [6.45, 7) is 3.86. The highest BCUT2D eigenvalue weighted by Gasteiger charge is 2.75. The Hall–Kier alpha value is -2.75. The number of aryl methyl sites for hydroxylation is 2. The van der Waals surface area contributed by atoms with Crippen LogP contribution in [0.25, 0.3) is 0 Å². The predicted molar refractivity (Wildman–Crippen MR) is 105 cm³/mol. The normalized spacial score (nSPS) is 24.3. The predicted octanol–water partition coefficient (Wildman–Crippen LogP) is 3.75. The number of benzene rings is 2. The second kappa shape index (κ2) is 6.63. The molecule has 1 heterocycles. The Kier molecular flexibility index (Phi) is 4.53. The minimum Gasteiger partial charge on any atom is -0.406 e. The largest absolute Gasteiger partial charge is 0.573 e. The standard InChI is InChI=1S/C20H19F3N2O4S/c1-12-4-3-5-13(2)17(12)25-11-14-10-19(14,30(25,27)28)18(26)24-15-6-8-16(9-7-15)29-20(21,22)23/h3-9,14H,10-11H2,1-2H3,(H,24,26). The van der Waals surface area contributed by atoms with E-state index in [0.717, 1.165) is 23.3 Å². The third-order valence-electron chi connectivity index (χ3n) is 5.60. The van der Waals surface area contributed by atoms with E-state index in [1.54, 1.807) is 0 Å². The van der Waals surface area contributed by atoms with Crippen LogP contribution < -0.4 is 14.4 Å². The molecule has 6 nitrogen and oxygen atoms in total. The molecule has 1 aliphatic carbocycles. The van der Waals surface area contributed by atoms with Crippen LogP contribution in [0, 0.1) is 19.8 Å². The van der Waals surface area contributed by atoms with Crippen LogP contribution in [-0.4, -0.2) is 32.0 Å². The van der Waals surface area contributed by atoms with Crippen molar-refractivity contribution in [1.82, 2.24) is 0 Å². The van der Waals surface area contributed by atoms with Gasteiger partial charge in [-0.1, -0.05) is 18.2 Å². The lowest BCUT2D eigenvalue weighted by atomic mass is 10.1. The molecule has 160 valence electrons. The average molecular weight is 440 g/mol. The zero-order valence-electron chi connectivity index (χ0n) is 16.2. The molecule has 2 unspecified atom stereocenters. The van der Waals surface area contributed by atoms with Crippen molar-refractivity contribution in [3.8, 4) is 5.75 Å². The summed E-state index contributed by atoms with van der Waals surface area (Å²) in [4.78, 5) is 12.9. The molecule has 0 bridgehead atoms. The highest BCUT2D eigenvalue weighted by atomic mass is 32.2. The van der Waals surface area contributed by atoms with Crippen molar-refractivity contribution in [3.63, 3.8) is 0 Å². The van der Waals surface area contributed by atoms with Crippen LogP contribution in [0.4, 0.5) is 24.5 Å². The number of halogens is 3. The van der Waals surface area contributed by atoms with Crippen LogP contribution in [0.5, 0.6) is 5.75 Å². The Morgan fingerprint density at radius 3 is 2.30 bits per heavy atom. The Morgan fingerprint density at radius 1 is 1.13 bits per heavy atom. The van der Waals surface area contributed by atoms with E-state index in [4.69, 9.17) is 0 Å². The van der Waals surface area contributed by atoms with Crippen LogP contribution in [0.1, 0.15) is 17.5 Å². The van der Waals surface area contributed by atoms with Crippen molar-refractivity contribution in [3.05, 3.63) is 53.6 Å².